The fourth-order valence-corrected chi connectivity index (χ4v) is 4.16. The normalized spacial score (nSPS) is 19.6. The fourth-order valence-electron chi connectivity index (χ4n) is 4.16. The van der Waals surface area contributed by atoms with Gasteiger partial charge in [-0.15, -0.1) is 5.01 Å². The van der Waals surface area contributed by atoms with Crippen LogP contribution in [0.4, 0.5) is 0 Å². The topological polar surface area (TPSA) is 106 Å². The van der Waals surface area contributed by atoms with Gasteiger partial charge in [-0.1, -0.05) is 44.2 Å². The first kappa shape index (κ1) is 26.4. The van der Waals surface area contributed by atoms with E-state index in [-0.39, 0.29) is 11.8 Å². The lowest BCUT2D eigenvalue weighted by molar-refractivity contribution is -0.710. The van der Waals surface area contributed by atoms with Crippen molar-refractivity contribution >= 4 is 11.9 Å². The van der Waals surface area contributed by atoms with Crippen molar-refractivity contribution < 1.29 is 24.1 Å². The fraction of sp³-hybridized carbons (Fsp3) is 0.667. The second kappa shape index (κ2) is 13.6. The molecule has 0 saturated heterocycles. The first-order valence-electron chi connectivity index (χ1n) is 11.9. The van der Waals surface area contributed by atoms with Gasteiger partial charge in [-0.25, -0.2) is 4.79 Å². The lowest BCUT2D eigenvalue weighted by Gasteiger charge is -2.31. The molecule has 9 nitrogen and oxygen atoms in total. The van der Waals surface area contributed by atoms with Crippen molar-refractivity contribution in [3.8, 4) is 0 Å². The molecule has 0 radical (unpaired) electrons. The van der Waals surface area contributed by atoms with Gasteiger partial charge in [0.05, 0.1) is 18.1 Å². The molecule has 0 aliphatic heterocycles. The van der Waals surface area contributed by atoms with Crippen LogP contribution >= 0.6 is 0 Å². The van der Waals surface area contributed by atoms with Gasteiger partial charge in [-0.2, -0.15) is 0 Å². The molecule has 184 valence electrons. The van der Waals surface area contributed by atoms with Crippen molar-refractivity contribution in [2.24, 2.45) is 23.0 Å². The predicted molar refractivity (Wildman–Crippen MR) is 123 cm³/mol. The molecule has 1 N–H and O–H groups in total. The molecule has 33 heavy (non-hydrogen) atoms. The van der Waals surface area contributed by atoms with E-state index in [2.05, 4.69) is 24.4 Å². The Morgan fingerprint density at radius 3 is 2.36 bits per heavy atom. The number of carbonyl (C=O) groups excluding carboxylic acids is 2. The van der Waals surface area contributed by atoms with Crippen LogP contribution in [-0.4, -0.2) is 47.8 Å². The summed E-state index contributed by atoms with van der Waals surface area (Å²) in [5.74, 6) is 0.427. The molecule has 0 spiro atoms. The SMILES string of the molecule is CCN(CC)/[N+]([O-])=N\OCOC(=O)[C@@H](Cc1ccccc1)NC(=O)C1CCC(C(C)C)CC1. The lowest BCUT2D eigenvalue weighted by Crippen LogP contribution is -2.46. The number of amides is 1. The largest absolute Gasteiger partial charge is 0.569 e. The molecule has 1 atom stereocenters. The van der Waals surface area contributed by atoms with Crippen LogP contribution in [0.5, 0.6) is 0 Å². The van der Waals surface area contributed by atoms with Crippen LogP contribution in [0, 0.1) is 23.0 Å². The van der Waals surface area contributed by atoms with E-state index in [0.29, 0.717) is 36.3 Å². The Hall–Kier alpha value is -2.84. The Labute approximate surface area is 196 Å². The molecule has 9 heteroatoms. The zero-order chi connectivity index (χ0) is 24.2. The summed E-state index contributed by atoms with van der Waals surface area (Å²) in [4.78, 5) is 30.8. The van der Waals surface area contributed by atoms with E-state index in [1.54, 1.807) is 0 Å². The summed E-state index contributed by atoms with van der Waals surface area (Å²) in [5, 5.41) is 19.4. The van der Waals surface area contributed by atoms with Crippen molar-refractivity contribution in [1.82, 2.24) is 10.3 Å². The lowest BCUT2D eigenvalue weighted by atomic mass is 9.76. The summed E-state index contributed by atoms with van der Waals surface area (Å²) in [6, 6.07) is 8.59. The van der Waals surface area contributed by atoms with Crippen LogP contribution < -0.4 is 5.32 Å². The van der Waals surface area contributed by atoms with Gasteiger partial charge in [-0.05, 0) is 56.9 Å². The van der Waals surface area contributed by atoms with Crippen LogP contribution in [0.1, 0.15) is 58.9 Å². The number of esters is 1. The molecule has 1 aromatic rings. The number of hydrazine groups is 1. The molecular formula is C24H38N4O5. The predicted octanol–water partition coefficient (Wildman–Crippen LogP) is 3.83. The second-order valence-electron chi connectivity index (χ2n) is 8.79. The molecule has 0 bridgehead atoms. The quantitative estimate of drug-likeness (QED) is 0.126. The zero-order valence-electron chi connectivity index (χ0n) is 20.2. The van der Waals surface area contributed by atoms with Crippen LogP contribution in [0.2, 0.25) is 0 Å². The van der Waals surface area contributed by atoms with Crippen molar-refractivity contribution in [3.63, 3.8) is 0 Å². The van der Waals surface area contributed by atoms with E-state index >= 15 is 0 Å². The van der Waals surface area contributed by atoms with Gasteiger partial charge in [-0.3, -0.25) is 4.79 Å². The molecule has 0 aromatic heterocycles. The van der Waals surface area contributed by atoms with E-state index < -0.39 is 18.8 Å². The van der Waals surface area contributed by atoms with E-state index in [1.807, 2.05) is 44.2 Å². The van der Waals surface area contributed by atoms with Crippen molar-refractivity contribution in [3.05, 3.63) is 41.1 Å². The first-order chi connectivity index (χ1) is 15.8. The smallest absolute Gasteiger partial charge is 0.331 e. The van der Waals surface area contributed by atoms with Crippen molar-refractivity contribution in [1.29, 1.82) is 0 Å². The van der Waals surface area contributed by atoms with Gasteiger partial charge in [0.25, 0.3) is 6.79 Å². The molecule has 1 saturated carbocycles. The third kappa shape index (κ3) is 8.55. The highest BCUT2D eigenvalue weighted by Crippen LogP contribution is 2.33. The van der Waals surface area contributed by atoms with E-state index in [4.69, 9.17) is 9.57 Å². The monoisotopic (exact) mass is 462 g/mol. The maximum Gasteiger partial charge on any atom is 0.331 e. The van der Waals surface area contributed by atoms with E-state index in [0.717, 1.165) is 31.2 Å². The summed E-state index contributed by atoms with van der Waals surface area (Å²) >= 11 is 0. The average molecular weight is 463 g/mol. The van der Waals surface area contributed by atoms with Gasteiger partial charge < -0.3 is 20.1 Å². The highest BCUT2D eigenvalue weighted by atomic mass is 16.8. The molecule has 0 unspecified atom stereocenters. The first-order valence-corrected chi connectivity index (χ1v) is 11.9. The Bertz CT molecular complexity index is 759. The molecule has 1 fully saturated rings. The number of nitrogens with zero attached hydrogens (tertiary/aromatic N) is 3. The summed E-state index contributed by atoms with van der Waals surface area (Å²) in [7, 11) is 0. The van der Waals surface area contributed by atoms with Gasteiger partial charge in [0, 0.05) is 12.3 Å². The number of hydrogen-bond donors (Lipinski definition) is 1. The van der Waals surface area contributed by atoms with Crippen LogP contribution in [-0.2, 0) is 25.6 Å². The van der Waals surface area contributed by atoms with Gasteiger partial charge in [0.1, 0.15) is 6.04 Å². The molecule has 1 aliphatic carbocycles. The maximum absolute atomic E-state index is 12.9. The number of ether oxygens (including phenoxy) is 1. The molecule has 2 rings (SSSR count). The second-order valence-corrected chi connectivity index (χ2v) is 8.79. The molecule has 1 aromatic carbocycles. The van der Waals surface area contributed by atoms with Crippen molar-refractivity contribution in [2.75, 3.05) is 19.9 Å². The van der Waals surface area contributed by atoms with Crippen LogP contribution in [0.25, 0.3) is 0 Å². The number of rotatable bonds is 12. The minimum absolute atomic E-state index is 0.0968. The summed E-state index contributed by atoms with van der Waals surface area (Å²) in [6.45, 7) is 8.50. The molecule has 0 heterocycles. The third-order valence-electron chi connectivity index (χ3n) is 6.32. The van der Waals surface area contributed by atoms with E-state index in [9.17, 15) is 14.8 Å². The molecule has 1 amide bonds. The minimum atomic E-state index is -0.850. The van der Waals surface area contributed by atoms with Crippen molar-refractivity contribution in [2.45, 2.75) is 65.8 Å². The molecular weight excluding hydrogens is 424 g/mol. The summed E-state index contributed by atoms with van der Waals surface area (Å²) in [5.41, 5.74) is 0.904. The number of hydrogen-bond acceptors (Lipinski definition) is 6. The average Bonchev–Trinajstić information content (AvgIpc) is 2.82. The van der Waals surface area contributed by atoms with Gasteiger partial charge in [0.15, 0.2) is 0 Å². The Kier molecular flexibility index (Phi) is 10.9. The van der Waals surface area contributed by atoms with Crippen LogP contribution in [0.15, 0.2) is 35.6 Å². The Balaban J connectivity index is 1.95. The standard InChI is InChI=1S/C24H38N4O5/c1-5-27(6-2)28(31)26-33-17-32-24(30)22(16-19-10-8-7-9-11-19)25-23(29)21-14-12-20(13-15-21)18(3)4/h7-11,18,20-22H,5-6,12-17H2,1-4H3,(H,25,29)/b28-26+/t20?,21?,22-/m1/s1. The minimum Gasteiger partial charge on any atom is -0.569 e. The number of benzene rings is 1. The summed E-state index contributed by atoms with van der Waals surface area (Å²) in [6.07, 6.45) is 4.01. The zero-order valence-corrected chi connectivity index (χ0v) is 20.2. The highest BCUT2D eigenvalue weighted by molar-refractivity contribution is 5.86. The van der Waals surface area contributed by atoms with Crippen LogP contribution in [0.3, 0.4) is 0 Å². The summed E-state index contributed by atoms with van der Waals surface area (Å²) < 4.78 is 5.16. The van der Waals surface area contributed by atoms with Gasteiger partial charge in [0.2, 0.25) is 11.2 Å². The number of carbonyl (C=O) groups is 2. The third-order valence-corrected chi connectivity index (χ3v) is 6.32. The molecule has 1 aliphatic rings. The maximum atomic E-state index is 12.9. The van der Waals surface area contributed by atoms with Gasteiger partial charge >= 0.3 is 5.97 Å². The Morgan fingerprint density at radius 2 is 1.79 bits per heavy atom. The van der Waals surface area contributed by atoms with E-state index in [1.165, 1.54) is 5.01 Å². The highest BCUT2D eigenvalue weighted by Gasteiger charge is 2.31. The number of nitrogens with one attached hydrogen (secondary N) is 1. The Morgan fingerprint density at radius 1 is 1.15 bits per heavy atom.